The number of halogens is 2. The first-order valence-corrected chi connectivity index (χ1v) is 12.9. The molecule has 218 valence electrons. The third-order valence-electron chi connectivity index (χ3n) is 5.51. The van der Waals surface area contributed by atoms with Crippen LogP contribution < -0.4 is 16.0 Å². The average Bonchev–Trinajstić information content (AvgIpc) is 3.37. The fourth-order valence-corrected chi connectivity index (χ4v) is 3.85. The number of anilines is 2. The number of nitrogens with one attached hydrogen (secondary N) is 3. The Morgan fingerprint density at radius 1 is 1.05 bits per heavy atom. The lowest BCUT2D eigenvalue weighted by molar-refractivity contribution is -0.139. The maximum Gasteiger partial charge on any atom is 0.412 e. The second kappa shape index (κ2) is 12.6. The molecule has 0 aliphatic heterocycles. The molecule has 0 fully saturated rings. The Kier molecular flexibility index (Phi) is 9.01. The highest BCUT2D eigenvalue weighted by Crippen LogP contribution is 2.26. The van der Waals surface area contributed by atoms with Gasteiger partial charge in [-0.15, -0.1) is 0 Å². The number of carbonyl (C=O) groups excluding carboxylic acids is 2. The summed E-state index contributed by atoms with van der Waals surface area (Å²) in [5.41, 5.74) is 1.04. The molecule has 0 aliphatic carbocycles. The standard InChI is InChI=1S/C28H26ClFN6O6/c1-28(2,3)41-27(40)33-17-7-5-16(6-8-17)24-35-23(36-42-24)19-9-4-15(12-20(19)30)13-21(25(37)38)34-26(39)32-18-10-11-31-22(29)14-18/h4-12,14,21H,13H2,1-3H3,(H,33,40)(H,37,38)(H2,31,32,34,39). The number of carboxylic acid groups (broad SMARTS) is 1. The highest BCUT2D eigenvalue weighted by Gasteiger charge is 2.22. The van der Waals surface area contributed by atoms with E-state index in [0.29, 0.717) is 22.5 Å². The van der Waals surface area contributed by atoms with Crippen molar-refractivity contribution in [2.24, 2.45) is 0 Å². The highest BCUT2D eigenvalue weighted by molar-refractivity contribution is 6.29. The van der Waals surface area contributed by atoms with Gasteiger partial charge in [0.25, 0.3) is 5.89 Å². The van der Waals surface area contributed by atoms with Gasteiger partial charge < -0.3 is 25.0 Å². The fourth-order valence-electron chi connectivity index (χ4n) is 3.68. The molecule has 14 heteroatoms. The number of ether oxygens (including phenoxy) is 1. The molecule has 0 aliphatic rings. The highest BCUT2D eigenvalue weighted by atomic mass is 35.5. The van der Waals surface area contributed by atoms with Gasteiger partial charge >= 0.3 is 18.1 Å². The zero-order valence-electron chi connectivity index (χ0n) is 22.6. The molecule has 42 heavy (non-hydrogen) atoms. The number of aromatic nitrogens is 3. The van der Waals surface area contributed by atoms with E-state index < -0.39 is 35.6 Å². The molecule has 1 atom stereocenters. The van der Waals surface area contributed by atoms with Gasteiger partial charge in [-0.3, -0.25) is 5.32 Å². The van der Waals surface area contributed by atoms with Crippen LogP contribution in [0.1, 0.15) is 26.3 Å². The van der Waals surface area contributed by atoms with Gasteiger partial charge in [-0.2, -0.15) is 4.98 Å². The smallest absolute Gasteiger partial charge is 0.412 e. The molecule has 2 heterocycles. The first kappa shape index (κ1) is 29.9. The summed E-state index contributed by atoms with van der Waals surface area (Å²) in [6.07, 6.45) is 0.586. The van der Waals surface area contributed by atoms with Crippen LogP contribution in [0.5, 0.6) is 0 Å². The Morgan fingerprint density at radius 2 is 1.79 bits per heavy atom. The summed E-state index contributed by atoms with van der Waals surface area (Å²) in [5.74, 6) is -1.92. The van der Waals surface area contributed by atoms with E-state index in [1.165, 1.54) is 30.5 Å². The van der Waals surface area contributed by atoms with Gasteiger partial charge in [0.1, 0.15) is 22.6 Å². The van der Waals surface area contributed by atoms with Gasteiger partial charge in [0.15, 0.2) is 0 Å². The maximum absolute atomic E-state index is 15.0. The second-order valence-corrected chi connectivity index (χ2v) is 10.4. The van der Waals surface area contributed by atoms with Crippen LogP contribution in [-0.2, 0) is 16.0 Å². The number of carboxylic acids is 1. The van der Waals surface area contributed by atoms with Crippen molar-refractivity contribution in [3.05, 3.63) is 77.3 Å². The van der Waals surface area contributed by atoms with Crippen molar-refractivity contribution in [2.75, 3.05) is 10.6 Å². The Balaban J connectivity index is 1.40. The van der Waals surface area contributed by atoms with E-state index in [2.05, 4.69) is 31.1 Å². The number of hydrogen-bond acceptors (Lipinski definition) is 8. The Labute approximate surface area is 244 Å². The van der Waals surface area contributed by atoms with Crippen LogP contribution in [0.25, 0.3) is 22.8 Å². The van der Waals surface area contributed by atoms with Gasteiger partial charge in [-0.05, 0) is 74.9 Å². The van der Waals surface area contributed by atoms with Gasteiger partial charge in [0, 0.05) is 29.6 Å². The van der Waals surface area contributed by atoms with Crippen molar-refractivity contribution in [3.8, 4) is 22.8 Å². The van der Waals surface area contributed by atoms with Crippen LogP contribution in [0.2, 0.25) is 5.15 Å². The number of aliphatic carboxylic acids is 1. The van der Waals surface area contributed by atoms with E-state index in [9.17, 15) is 19.5 Å². The van der Waals surface area contributed by atoms with Crippen molar-refractivity contribution in [2.45, 2.75) is 38.8 Å². The third-order valence-corrected chi connectivity index (χ3v) is 5.71. The van der Waals surface area contributed by atoms with Gasteiger partial charge in [0.05, 0.1) is 5.56 Å². The monoisotopic (exact) mass is 596 g/mol. The zero-order valence-corrected chi connectivity index (χ0v) is 23.4. The number of rotatable bonds is 8. The summed E-state index contributed by atoms with van der Waals surface area (Å²) >= 11 is 5.79. The van der Waals surface area contributed by atoms with Crippen molar-refractivity contribution in [1.82, 2.24) is 20.4 Å². The molecular formula is C28H26ClFN6O6. The summed E-state index contributed by atoms with van der Waals surface area (Å²) in [5, 5.41) is 21.0. The molecular weight excluding hydrogens is 571 g/mol. The van der Waals surface area contributed by atoms with Crippen LogP contribution in [0.4, 0.5) is 25.4 Å². The van der Waals surface area contributed by atoms with Crippen molar-refractivity contribution >= 4 is 41.1 Å². The number of hydrogen-bond donors (Lipinski definition) is 4. The van der Waals surface area contributed by atoms with Gasteiger partial charge in [0.2, 0.25) is 5.82 Å². The molecule has 1 unspecified atom stereocenters. The number of carbonyl (C=O) groups is 3. The molecule has 3 amide bonds. The van der Waals surface area contributed by atoms with E-state index in [1.54, 1.807) is 45.0 Å². The second-order valence-electron chi connectivity index (χ2n) is 10.0. The maximum atomic E-state index is 15.0. The van der Waals surface area contributed by atoms with E-state index in [-0.39, 0.29) is 28.9 Å². The summed E-state index contributed by atoms with van der Waals surface area (Å²) in [7, 11) is 0. The van der Waals surface area contributed by atoms with Crippen LogP contribution in [0, 0.1) is 5.82 Å². The Hall–Kier alpha value is -5.04. The molecule has 0 saturated heterocycles. The largest absolute Gasteiger partial charge is 0.480 e. The summed E-state index contributed by atoms with van der Waals surface area (Å²) in [4.78, 5) is 44.1. The average molecular weight is 597 g/mol. The minimum atomic E-state index is -1.35. The summed E-state index contributed by atoms with van der Waals surface area (Å²) in [6, 6.07) is 11.3. The third kappa shape index (κ3) is 8.24. The van der Waals surface area contributed by atoms with Crippen LogP contribution in [-0.4, -0.2) is 50.0 Å². The predicted octanol–water partition coefficient (Wildman–Crippen LogP) is 5.76. The molecule has 0 saturated carbocycles. The molecule has 0 bridgehead atoms. The summed E-state index contributed by atoms with van der Waals surface area (Å²) in [6.45, 7) is 5.27. The van der Waals surface area contributed by atoms with E-state index in [0.717, 1.165) is 6.07 Å². The van der Waals surface area contributed by atoms with Gasteiger partial charge in [-0.1, -0.05) is 22.8 Å². The first-order chi connectivity index (χ1) is 19.9. The Bertz CT molecular complexity index is 1610. The van der Waals surface area contributed by atoms with Crippen LogP contribution in [0.15, 0.2) is 65.3 Å². The minimum absolute atomic E-state index is 0.0201. The van der Waals surface area contributed by atoms with Crippen molar-refractivity contribution < 1.29 is 33.1 Å². The number of pyridine rings is 1. The molecule has 4 N–H and O–H groups in total. The van der Waals surface area contributed by atoms with Gasteiger partial charge in [-0.25, -0.2) is 23.8 Å². The first-order valence-electron chi connectivity index (χ1n) is 12.5. The van der Waals surface area contributed by atoms with Crippen LogP contribution >= 0.6 is 11.6 Å². The number of urea groups is 1. The number of amides is 3. The lowest BCUT2D eigenvalue weighted by atomic mass is 10.0. The number of benzene rings is 2. The molecule has 12 nitrogen and oxygen atoms in total. The topological polar surface area (TPSA) is 169 Å². The number of nitrogens with zero attached hydrogens (tertiary/aromatic N) is 3. The summed E-state index contributed by atoms with van der Waals surface area (Å²) < 4.78 is 25.5. The lowest BCUT2D eigenvalue weighted by Gasteiger charge is -2.19. The molecule has 0 spiro atoms. The molecule has 0 radical (unpaired) electrons. The van der Waals surface area contributed by atoms with Crippen molar-refractivity contribution in [1.29, 1.82) is 0 Å². The minimum Gasteiger partial charge on any atom is -0.480 e. The van der Waals surface area contributed by atoms with Crippen molar-refractivity contribution in [3.63, 3.8) is 0 Å². The Morgan fingerprint density at radius 3 is 2.43 bits per heavy atom. The molecule has 2 aromatic heterocycles. The zero-order chi connectivity index (χ0) is 30.4. The van der Waals surface area contributed by atoms with E-state index in [4.69, 9.17) is 20.9 Å². The normalized spacial score (nSPS) is 11.8. The molecule has 4 rings (SSSR count). The van der Waals surface area contributed by atoms with E-state index in [1.807, 2.05) is 0 Å². The SMILES string of the molecule is CC(C)(C)OC(=O)Nc1ccc(-c2nc(-c3ccc(CC(NC(=O)Nc4ccnc(Cl)c4)C(=O)O)cc3F)no2)cc1. The lowest BCUT2D eigenvalue weighted by Crippen LogP contribution is -2.44. The fraction of sp³-hybridized carbons (Fsp3) is 0.214. The van der Waals surface area contributed by atoms with E-state index >= 15 is 4.39 Å². The molecule has 2 aromatic carbocycles. The quantitative estimate of drug-likeness (QED) is 0.185. The molecule has 4 aromatic rings. The predicted molar refractivity (Wildman–Crippen MR) is 152 cm³/mol. The van der Waals surface area contributed by atoms with Crippen LogP contribution in [0.3, 0.4) is 0 Å².